The van der Waals surface area contributed by atoms with Crippen LogP contribution >= 0.6 is 0 Å². The molecule has 1 aromatic heterocycles. The van der Waals surface area contributed by atoms with E-state index in [0.29, 0.717) is 12.3 Å². The van der Waals surface area contributed by atoms with Gasteiger partial charge >= 0.3 is 5.97 Å². The highest BCUT2D eigenvalue weighted by Crippen LogP contribution is 2.39. The predicted molar refractivity (Wildman–Crippen MR) is 121 cm³/mol. The largest absolute Gasteiger partial charge is 0.481 e. The van der Waals surface area contributed by atoms with Gasteiger partial charge in [0.25, 0.3) is 0 Å². The Kier molecular flexibility index (Phi) is 5.53. The van der Waals surface area contributed by atoms with E-state index in [-0.39, 0.29) is 12.0 Å². The summed E-state index contributed by atoms with van der Waals surface area (Å²) in [5, 5.41) is 11.2. The van der Waals surface area contributed by atoms with Crippen LogP contribution in [-0.4, -0.2) is 27.2 Å². The number of benzene rings is 2. The first-order valence-electron chi connectivity index (χ1n) is 10.5. The third kappa shape index (κ3) is 3.67. The Morgan fingerprint density at radius 2 is 1.93 bits per heavy atom. The van der Waals surface area contributed by atoms with Crippen molar-refractivity contribution in [2.75, 3.05) is 0 Å². The van der Waals surface area contributed by atoms with E-state index < -0.39 is 11.9 Å². The fraction of sp³-hybridized carbons (Fsp3) is 0.320. The van der Waals surface area contributed by atoms with E-state index in [0.717, 1.165) is 34.2 Å². The van der Waals surface area contributed by atoms with Crippen LogP contribution in [0.3, 0.4) is 0 Å². The average Bonchev–Trinajstić information content (AvgIpc) is 3.12. The lowest BCUT2D eigenvalue weighted by molar-refractivity contribution is -0.143. The number of fused-ring (bicyclic) bond motifs is 1. The molecule has 0 saturated carbocycles. The standard InChI is InChI=1S/C25H27N3O2/c1-4-8-20(25(29)30)22-16(2)26-24(18-9-6-5-7-10-18)27-23(22)19-12-11-17-13-14-28(3)21(17)15-19/h5-7,9-15,20,22-23H,4,8H2,1-3H3,(H,29,30). The van der Waals surface area contributed by atoms with Crippen molar-refractivity contribution in [3.05, 3.63) is 71.9 Å². The molecular formula is C25H27N3O2. The number of rotatable bonds is 6. The van der Waals surface area contributed by atoms with Crippen LogP contribution in [0, 0.1) is 11.8 Å². The number of aromatic nitrogens is 1. The maximum Gasteiger partial charge on any atom is 0.307 e. The molecule has 2 aromatic carbocycles. The molecule has 5 nitrogen and oxygen atoms in total. The van der Waals surface area contributed by atoms with Gasteiger partial charge in [0.2, 0.25) is 0 Å². The molecule has 3 aromatic rings. The number of aliphatic imine (C=N–C) groups is 2. The van der Waals surface area contributed by atoms with E-state index in [2.05, 4.69) is 28.8 Å². The van der Waals surface area contributed by atoms with Gasteiger partial charge < -0.3 is 9.67 Å². The summed E-state index contributed by atoms with van der Waals surface area (Å²) in [7, 11) is 2.02. The fourth-order valence-corrected chi connectivity index (χ4v) is 4.46. The Labute approximate surface area is 176 Å². The number of carbonyl (C=O) groups is 1. The Morgan fingerprint density at radius 1 is 1.17 bits per heavy atom. The number of hydrogen-bond acceptors (Lipinski definition) is 3. The Hall–Kier alpha value is -3.21. The molecule has 3 unspecified atom stereocenters. The topological polar surface area (TPSA) is 66.9 Å². The minimum absolute atomic E-state index is 0.271. The normalized spacial score (nSPS) is 20.0. The maximum atomic E-state index is 12.2. The van der Waals surface area contributed by atoms with Gasteiger partial charge in [-0.05, 0) is 36.4 Å². The van der Waals surface area contributed by atoms with Gasteiger partial charge in [-0.2, -0.15) is 0 Å². The fourth-order valence-electron chi connectivity index (χ4n) is 4.46. The molecule has 0 radical (unpaired) electrons. The summed E-state index contributed by atoms with van der Waals surface area (Å²) in [6, 6.07) is 18.0. The average molecular weight is 402 g/mol. The van der Waals surface area contributed by atoms with Crippen molar-refractivity contribution in [2.45, 2.75) is 32.7 Å². The summed E-state index contributed by atoms with van der Waals surface area (Å²) < 4.78 is 2.08. The van der Waals surface area contributed by atoms with Crippen molar-refractivity contribution < 1.29 is 9.90 Å². The van der Waals surface area contributed by atoms with Gasteiger partial charge in [0.05, 0.1) is 12.0 Å². The number of carboxylic acids is 1. The van der Waals surface area contributed by atoms with Crippen molar-refractivity contribution in [1.29, 1.82) is 0 Å². The molecule has 1 aliphatic heterocycles. The number of hydrogen-bond donors (Lipinski definition) is 1. The zero-order valence-corrected chi connectivity index (χ0v) is 17.6. The number of aliphatic carboxylic acids is 1. The van der Waals surface area contributed by atoms with Gasteiger partial charge in [-0.3, -0.25) is 9.79 Å². The van der Waals surface area contributed by atoms with Gasteiger partial charge in [-0.25, -0.2) is 4.99 Å². The molecule has 30 heavy (non-hydrogen) atoms. The third-order valence-corrected chi connectivity index (χ3v) is 6.00. The Morgan fingerprint density at radius 3 is 2.63 bits per heavy atom. The minimum Gasteiger partial charge on any atom is -0.481 e. The summed E-state index contributed by atoms with van der Waals surface area (Å²) >= 11 is 0. The number of carboxylic acid groups (broad SMARTS) is 1. The first-order chi connectivity index (χ1) is 14.5. The molecule has 0 amide bonds. The van der Waals surface area contributed by atoms with E-state index in [1.807, 2.05) is 57.4 Å². The monoisotopic (exact) mass is 401 g/mol. The Balaban J connectivity index is 1.86. The van der Waals surface area contributed by atoms with Crippen LogP contribution in [0.4, 0.5) is 0 Å². The second kappa shape index (κ2) is 8.27. The molecule has 0 aliphatic carbocycles. The quantitative estimate of drug-likeness (QED) is 0.612. The van der Waals surface area contributed by atoms with Crippen LogP contribution in [0.15, 0.2) is 70.8 Å². The summed E-state index contributed by atoms with van der Waals surface area (Å²) in [5.41, 5.74) is 3.92. The number of amidine groups is 1. The first-order valence-corrected chi connectivity index (χ1v) is 10.5. The summed E-state index contributed by atoms with van der Waals surface area (Å²) in [6.07, 6.45) is 3.45. The van der Waals surface area contributed by atoms with Crippen molar-refractivity contribution in [3.63, 3.8) is 0 Å². The Bertz CT molecular complexity index is 1130. The molecule has 0 fully saturated rings. The highest BCUT2D eigenvalue weighted by molar-refractivity contribution is 6.09. The molecule has 4 rings (SSSR count). The maximum absolute atomic E-state index is 12.2. The molecule has 0 saturated heterocycles. The molecule has 5 heteroatoms. The van der Waals surface area contributed by atoms with Crippen LogP contribution < -0.4 is 0 Å². The van der Waals surface area contributed by atoms with Crippen molar-refractivity contribution in [1.82, 2.24) is 4.57 Å². The van der Waals surface area contributed by atoms with Crippen LogP contribution in [-0.2, 0) is 11.8 Å². The van der Waals surface area contributed by atoms with Crippen LogP contribution in [0.2, 0.25) is 0 Å². The van der Waals surface area contributed by atoms with Crippen LogP contribution in [0.25, 0.3) is 10.9 Å². The van der Waals surface area contributed by atoms with Crippen LogP contribution in [0.5, 0.6) is 0 Å². The number of aryl methyl sites for hydroxylation is 1. The lowest BCUT2D eigenvalue weighted by Gasteiger charge is -2.33. The molecule has 0 bridgehead atoms. The second-order valence-corrected chi connectivity index (χ2v) is 8.02. The van der Waals surface area contributed by atoms with Crippen molar-refractivity contribution in [3.8, 4) is 0 Å². The molecule has 154 valence electrons. The predicted octanol–water partition coefficient (Wildman–Crippen LogP) is 5.26. The van der Waals surface area contributed by atoms with Gasteiger partial charge in [0.1, 0.15) is 0 Å². The minimum atomic E-state index is -0.778. The van der Waals surface area contributed by atoms with Crippen molar-refractivity contribution in [2.24, 2.45) is 28.9 Å². The SMILES string of the molecule is CCCC(C(=O)O)C1C(C)=NC(c2ccccc2)=NC1c1ccc2ccn(C)c2c1. The lowest BCUT2D eigenvalue weighted by Crippen LogP contribution is -2.36. The van der Waals surface area contributed by atoms with E-state index in [4.69, 9.17) is 9.98 Å². The van der Waals surface area contributed by atoms with Crippen molar-refractivity contribution >= 4 is 28.4 Å². The summed E-state index contributed by atoms with van der Waals surface area (Å²) in [5.74, 6) is -0.900. The van der Waals surface area contributed by atoms with E-state index in [9.17, 15) is 9.90 Å². The first kappa shape index (κ1) is 20.1. The summed E-state index contributed by atoms with van der Waals surface area (Å²) in [6.45, 7) is 3.97. The molecule has 1 N–H and O–H groups in total. The van der Waals surface area contributed by atoms with Gasteiger partial charge in [-0.15, -0.1) is 0 Å². The third-order valence-electron chi connectivity index (χ3n) is 6.00. The summed E-state index contributed by atoms with van der Waals surface area (Å²) in [4.78, 5) is 22.0. The molecule has 0 spiro atoms. The van der Waals surface area contributed by atoms with Gasteiger partial charge in [-0.1, -0.05) is 55.8 Å². The van der Waals surface area contributed by atoms with E-state index >= 15 is 0 Å². The highest BCUT2D eigenvalue weighted by Gasteiger charge is 2.39. The molecule has 3 atom stereocenters. The molecule has 1 aliphatic rings. The second-order valence-electron chi connectivity index (χ2n) is 8.02. The number of nitrogens with zero attached hydrogens (tertiary/aromatic N) is 3. The van der Waals surface area contributed by atoms with E-state index in [1.165, 1.54) is 0 Å². The molecule has 2 heterocycles. The zero-order valence-electron chi connectivity index (χ0n) is 17.6. The zero-order chi connectivity index (χ0) is 21.3. The van der Waals surface area contributed by atoms with E-state index in [1.54, 1.807) is 0 Å². The lowest BCUT2D eigenvalue weighted by atomic mass is 9.77. The highest BCUT2D eigenvalue weighted by atomic mass is 16.4. The van der Waals surface area contributed by atoms with Gasteiger partial charge in [0, 0.05) is 36.0 Å². The van der Waals surface area contributed by atoms with Gasteiger partial charge in [0.15, 0.2) is 5.84 Å². The van der Waals surface area contributed by atoms with Crippen LogP contribution in [0.1, 0.15) is 43.9 Å². The molecular weight excluding hydrogens is 374 g/mol. The smallest absolute Gasteiger partial charge is 0.307 e.